The van der Waals surface area contributed by atoms with Crippen LogP contribution >= 0.6 is 15.9 Å². The molecule has 2 amide bonds. The molecule has 4 aromatic rings. The molecule has 150 valence electrons. The van der Waals surface area contributed by atoms with E-state index in [0.717, 1.165) is 26.9 Å². The number of aryl methyl sites for hydroxylation is 1. The number of carbonyl (C=O) groups excluding carboxylic acids is 2. The van der Waals surface area contributed by atoms with Crippen molar-refractivity contribution >= 4 is 38.6 Å². The quantitative estimate of drug-likeness (QED) is 0.451. The van der Waals surface area contributed by atoms with Crippen LogP contribution in [0.15, 0.2) is 65.1 Å². The lowest BCUT2D eigenvalue weighted by Crippen LogP contribution is -2.41. The van der Waals surface area contributed by atoms with E-state index in [2.05, 4.69) is 36.9 Å². The molecule has 7 nitrogen and oxygen atoms in total. The van der Waals surface area contributed by atoms with E-state index >= 15 is 0 Å². The Balaban J connectivity index is 1.43. The third kappa shape index (κ3) is 3.81. The fourth-order valence-corrected chi connectivity index (χ4v) is 3.32. The summed E-state index contributed by atoms with van der Waals surface area (Å²) in [6, 6.07) is 17.9. The van der Waals surface area contributed by atoms with E-state index in [1.807, 2.05) is 44.2 Å². The third-order valence-electron chi connectivity index (χ3n) is 4.70. The highest BCUT2D eigenvalue weighted by molar-refractivity contribution is 9.10. The van der Waals surface area contributed by atoms with Gasteiger partial charge in [-0.15, -0.1) is 0 Å². The molecule has 0 unspecified atom stereocenters. The smallest absolute Gasteiger partial charge is 0.267 e. The van der Waals surface area contributed by atoms with E-state index in [9.17, 15) is 9.59 Å². The number of halogens is 1. The Morgan fingerprint density at radius 1 is 0.900 bits per heavy atom. The van der Waals surface area contributed by atoms with Crippen molar-refractivity contribution in [2.24, 2.45) is 0 Å². The Bertz CT molecular complexity index is 1260. The van der Waals surface area contributed by atoms with Crippen LogP contribution in [0.5, 0.6) is 0 Å². The van der Waals surface area contributed by atoms with Crippen molar-refractivity contribution in [3.63, 3.8) is 0 Å². The van der Waals surface area contributed by atoms with Crippen molar-refractivity contribution in [3.8, 4) is 5.69 Å². The zero-order valence-corrected chi connectivity index (χ0v) is 17.9. The maximum Gasteiger partial charge on any atom is 0.288 e. The molecule has 0 bridgehead atoms. The average Bonchev–Trinajstić information content (AvgIpc) is 3.04. The number of para-hydroxylation sites is 1. The molecule has 2 aromatic heterocycles. The number of nitrogens with zero attached hydrogens (tertiary/aromatic N) is 3. The Labute approximate surface area is 181 Å². The lowest BCUT2D eigenvalue weighted by atomic mass is 10.2. The fraction of sp³-hybridized carbons (Fsp3) is 0.0909. The fourth-order valence-electron chi connectivity index (χ4n) is 3.07. The summed E-state index contributed by atoms with van der Waals surface area (Å²) < 4.78 is 2.75. The number of fused-ring (bicyclic) bond motifs is 1. The Morgan fingerprint density at radius 3 is 2.30 bits per heavy atom. The minimum Gasteiger partial charge on any atom is -0.267 e. The van der Waals surface area contributed by atoms with E-state index in [1.165, 1.54) is 0 Å². The first kappa shape index (κ1) is 19.8. The Kier molecular flexibility index (Phi) is 5.33. The van der Waals surface area contributed by atoms with E-state index < -0.39 is 11.8 Å². The molecule has 0 radical (unpaired) electrons. The van der Waals surface area contributed by atoms with E-state index in [0.29, 0.717) is 11.1 Å². The van der Waals surface area contributed by atoms with Crippen LogP contribution in [0.1, 0.15) is 32.2 Å². The largest absolute Gasteiger partial charge is 0.288 e. The molecule has 2 heterocycles. The van der Waals surface area contributed by atoms with E-state index in [1.54, 1.807) is 35.0 Å². The molecule has 30 heavy (non-hydrogen) atoms. The second kappa shape index (κ2) is 8.08. The zero-order chi connectivity index (χ0) is 21.3. The van der Waals surface area contributed by atoms with Gasteiger partial charge in [-0.05, 0) is 66.2 Å². The standard InChI is InChI=1S/C22H18BrN5O2/c1-13-20(23)14(2)28(27-13)17-10-7-16(8-11-17)21(29)25-26-22(30)19-12-9-15-5-3-4-6-18(15)24-19/h3-12H,1-2H3,(H,25,29)(H,26,30). The van der Waals surface area contributed by atoms with Crippen molar-refractivity contribution in [1.82, 2.24) is 25.6 Å². The summed E-state index contributed by atoms with van der Waals surface area (Å²) in [4.78, 5) is 29.0. The minimum atomic E-state index is -0.488. The van der Waals surface area contributed by atoms with Crippen molar-refractivity contribution in [1.29, 1.82) is 0 Å². The molecular formula is C22H18BrN5O2. The van der Waals surface area contributed by atoms with Gasteiger partial charge < -0.3 is 0 Å². The van der Waals surface area contributed by atoms with E-state index in [4.69, 9.17) is 0 Å². The Hall–Kier alpha value is -3.52. The van der Waals surface area contributed by atoms with Gasteiger partial charge in [-0.1, -0.05) is 24.3 Å². The number of hydrogen-bond donors (Lipinski definition) is 2. The predicted octanol–water partition coefficient (Wildman–Crippen LogP) is 3.87. The van der Waals surface area contributed by atoms with Crippen molar-refractivity contribution in [2.75, 3.05) is 0 Å². The number of pyridine rings is 1. The lowest BCUT2D eigenvalue weighted by Gasteiger charge is -2.09. The molecule has 0 aliphatic rings. The summed E-state index contributed by atoms with van der Waals surface area (Å²) in [6.45, 7) is 3.88. The van der Waals surface area contributed by atoms with Gasteiger partial charge in [0, 0.05) is 10.9 Å². The summed E-state index contributed by atoms with van der Waals surface area (Å²) >= 11 is 3.51. The van der Waals surface area contributed by atoms with Gasteiger partial charge >= 0.3 is 0 Å². The van der Waals surface area contributed by atoms with Crippen molar-refractivity contribution in [2.45, 2.75) is 13.8 Å². The van der Waals surface area contributed by atoms with Crippen LogP contribution in [-0.4, -0.2) is 26.6 Å². The summed E-state index contributed by atoms with van der Waals surface area (Å²) in [5, 5.41) is 5.41. The second-order valence-corrected chi connectivity index (χ2v) is 7.53. The highest BCUT2D eigenvalue weighted by atomic mass is 79.9. The number of amides is 2. The van der Waals surface area contributed by atoms with Crippen molar-refractivity contribution in [3.05, 3.63) is 87.8 Å². The molecule has 2 aromatic carbocycles. The van der Waals surface area contributed by atoms with Crippen LogP contribution in [0, 0.1) is 13.8 Å². The van der Waals surface area contributed by atoms with Gasteiger partial charge in [0.25, 0.3) is 11.8 Å². The van der Waals surface area contributed by atoms with Crippen LogP contribution in [-0.2, 0) is 0 Å². The monoisotopic (exact) mass is 463 g/mol. The lowest BCUT2D eigenvalue weighted by molar-refractivity contribution is 0.0844. The molecular weight excluding hydrogens is 446 g/mol. The summed E-state index contributed by atoms with van der Waals surface area (Å²) in [5.74, 6) is -0.913. The SMILES string of the molecule is Cc1nn(-c2ccc(C(=O)NNC(=O)c3ccc4ccccc4n3)cc2)c(C)c1Br. The maximum absolute atomic E-state index is 12.4. The first-order chi connectivity index (χ1) is 14.4. The number of nitrogens with one attached hydrogen (secondary N) is 2. The van der Waals surface area contributed by atoms with Gasteiger partial charge in [0.15, 0.2) is 0 Å². The average molecular weight is 464 g/mol. The van der Waals surface area contributed by atoms with Gasteiger partial charge in [-0.2, -0.15) is 5.10 Å². The molecule has 0 atom stereocenters. The van der Waals surface area contributed by atoms with Crippen LogP contribution in [0.3, 0.4) is 0 Å². The van der Waals surface area contributed by atoms with Crippen LogP contribution in [0.2, 0.25) is 0 Å². The molecule has 0 saturated heterocycles. The van der Waals surface area contributed by atoms with Crippen LogP contribution in [0.25, 0.3) is 16.6 Å². The van der Waals surface area contributed by atoms with Gasteiger partial charge in [-0.3, -0.25) is 20.4 Å². The molecule has 4 rings (SSSR count). The third-order valence-corrected chi connectivity index (χ3v) is 5.85. The van der Waals surface area contributed by atoms with Crippen LogP contribution in [0.4, 0.5) is 0 Å². The Morgan fingerprint density at radius 2 is 1.60 bits per heavy atom. The van der Waals surface area contributed by atoms with Crippen molar-refractivity contribution < 1.29 is 9.59 Å². The second-order valence-electron chi connectivity index (χ2n) is 6.74. The number of rotatable bonds is 3. The maximum atomic E-state index is 12.4. The molecule has 0 saturated carbocycles. The zero-order valence-electron chi connectivity index (χ0n) is 16.3. The van der Waals surface area contributed by atoms with Gasteiger partial charge in [0.05, 0.1) is 27.1 Å². The minimum absolute atomic E-state index is 0.222. The normalized spacial score (nSPS) is 10.8. The summed E-state index contributed by atoms with van der Waals surface area (Å²) in [7, 11) is 0. The molecule has 0 aliphatic carbocycles. The van der Waals surface area contributed by atoms with Crippen LogP contribution < -0.4 is 10.9 Å². The number of aromatic nitrogens is 3. The number of hydrazine groups is 1. The predicted molar refractivity (Wildman–Crippen MR) is 117 cm³/mol. The highest BCUT2D eigenvalue weighted by Gasteiger charge is 2.13. The first-order valence-electron chi connectivity index (χ1n) is 9.22. The molecule has 0 aliphatic heterocycles. The first-order valence-corrected chi connectivity index (χ1v) is 10.0. The molecule has 2 N–H and O–H groups in total. The van der Waals surface area contributed by atoms with Gasteiger partial charge in [-0.25, -0.2) is 9.67 Å². The van der Waals surface area contributed by atoms with Gasteiger partial charge in [0.1, 0.15) is 5.69 Å². The molecule has 8 heteroatoms. The topological polar surface area (TPSA) is 88.9 Å². The van der Waals surface area contributed by atoms with Gasteiger partial charge in [0.2, 0.25) is 0 Å². The molecule has 0 fully saturated rings. The summed E-state index contributed by atoms with van der Waals surface area (Å²) in [6.07, 6.45) is 0. The number of benzene rings is 2. The number of carbonyl (C=O) groups is 2. The van der Waals surface area contributed by atoms with E-state index in [-0.39, 0.29) is 5.69 Å². The highest BCUT2D eigenvalue weighted by Crippen LogP contribution is 2.23. The number of hydrogen-bond acceptors (Lipinski definition) is 4. The molecule has 0 spiro atoms. The summed E-state index contributed by atoms with van der Waals surface area (Å²) in [5.41, 5.74) is 8.86.